The second-order valence-electron chi connectivity index (χ2n) is 4.90. The lowest BCUT2D eigenvalue weighted by atomic mass is 10.3. The number of aryl methyl sites for hydroxylation is 1. The molecule has 0 atom stereocenters. The molecule has 2 aromatic rings. The standard InChI is InChI=1S/C13H14BrClN4O/c14-8-5-10-13(16-7-8)19(11(6-15)18-10)4-3-12(20)17-9-1-2-9/h5,7,9H,1-4,6H2,(H,17,20). The molecule has 0 spiro atoms. The molecule has 0 aromatic carbocycles. The van der Waals surface area contributed by atoms with Crippen molar-refractivity contribution in [2.75, 3.05) is 0 Å². The molecular weight excluding hydrogens is 344 g/mol. The monoisotopic (exact) mass is 356 g/mol. The van der Waals surface area contributed by atoms with Crippen molar-refractivity contribution in [3.8, 4) is 0 Å². The van der Waals surface area contributed by atoms with Crippen LogP contribution in [0.5, 0.6) is 0 Å². The minimum atomic E-state index is 0.0759. The first kappa shape index (κ1) is 13.8. The van der Waals surface area contributed by atoms with E-state index in [0.29, 0.717) is 24.9 Å². The minimum Gasteiger partial charge on any atom is -0.353 e. The fourth-order valence-electron chi connectivity index (χ4n) is 2.11. The van der Waals surface area contributed by atoms with Crippen molar-refractivity contribution < 1.29 is 4.79 Å². The summed E-state index contributed by atoms with van der Waals surface area (Å²) in [6.07, 6.45) is 4.34. The first-order valence-electron chi connectivity index (χ1n) is 6.53. The van der Waals surface area contributed by atoms with E-state index in [1.165, 1.54) is 0 Å². The second-order valence-corrected chi connectivity index (χ2v) is 6.08. The maximum atomic E-state index is 11.8. The number of nitrogens with zero attached hydrogens (tertiary/aromatic N) is 3. The molecule has 5 nitrogen and oxygen atoms in total. The van der Waals surface area contributed by atoms with Crippen LogP contribution in [0.3, 0.4) is 0 Å². The lowest BCUT2D eigenvalue weighted by Crippen LogP contribution is -2.26. The molecule has 0 radical (unpaired) electrons. The number of halogens is 2. The van der Waals surface area contributed by atoms with Crippen LogP contribution in [0.2, 0.25) is 0 Å². The zero-order valence-electron chi connectivity index (χ0n) is 10.8. The van der Waals surface area contributed by atoms with Gasteiger partial charge in [0.1, 0.15) is 11.3 Å². The van der Waals surface area contributed by atoms with Gasteiger partial charge in [-0.25, -0.2) is 9.97 Å². The summed E-state index contributed by atoms with van der Waals surface area (Å²) in [7, 11) is 0. The molecule has 1 aliphatic rings. The van der Waals surface area contributed by atoms with Crippen molar-refractivity contribution in [1.29, 1.82) is 0 Å². The summed E-state index contributed by atoms with van der Waals surface area (Å²) in [5.74, 6) is 1.12. The molecule has 0 bridgehead atoms. The van der Waals surface area contributed by atoms with Crippen LogP contribution in [-0.2, 0) is 17.2 Å². The number of hydrogen-bond acceptors (Lipinski definition) is 3. The Kier molecular flexibility index (Phi) is 3.94. The Labute approximate surface area is 129 Å². The smallest absolute Gasteiger partial charge is 0.222 e. The van der Waals surface area contributed by atoms with Gasteiger partial charge in [-0.3, -0.25) is 4.79 Å². The lowest BCUT2D eigenvalue weighted by molar-refractivity contribution is -0.121. The number of imidazole rings is 1. The topological polar surface area (TPSA) is 59.8 Å². The van der Waals surface area contributed by atoms with Gasteiger partial charge in [-0.05, 0) is 34.8 Å². The molecule has 7 heteroatoms. The first-order valence-corrected chi connectivity index (χ1v) is 7.86. The maximum Gasteiger partial charge on any atom is 0.222 e. The normalized spacial score (nSPS) is 14.7. The van der Waals surface area contributed by atoms with Crippen molar-refractivity contribution in [2.24, 2.45) is 0 Å². The van der Waals surface area contributed by atoms with E-state index in [4.69, 9.17) is 11.6 Å². The molecular formula is C13H14BrClN4O. The third-order valence-corrected chi connectivity index (χ3v) is 3.93. The predicted molar refractivity (Wildman–Crippen MR) is 80.6 cm³/mol. The van der Waals surface area contributed by atoms with E-state index < -0.39 is 0 Å². The van der Waals surface area contributed by atoms with Crippen molar-refractivity contribution >= 4 is 44.6 Å². The number of aromatic nitrogens is 3. The highest BCUT2D eigenvalue weighted by Crippen LogP contribution is 2.21. The molecule has 1 aliphatic carbocycles. The van der Waals surface area contributed by atoms with E-state index in [-0.39, 0.29) is 5.91 Å². The number of carbonyl (C=O) groups is 1. The second kappa shape index (κ2) is 5.69. The number of carbonyl (C=O) groups excluding carboxylic acids is 1. The van der Waals surface area contributed by atoms with E-state index in [0.717, 1.165) is 34.3 Å². The Bertz CT molecular complexity index is 653. The summed E-state index contributed by atoms with van der Waals surface area (Å²) >= 11 is 9.31. The average Bonchev–Trinajstić information content (AvgIpc) is 3.16. The molecule has 0 aliphatic heterocycles. The largest absolute Gasteiger partial charge is 0.353 e. The van der Waals surface area contributed by atoms with E-state index in [9.17, 15) is 4.79 Å². The summed E-state index contributed by atoms with van der Waals surface area (Å²) in [5.41, 5.74) is 1.56. The lowest BCUT2D eigenvalue weighted by Gasteiger charge is -2.07. The summed E-state index contributed by atoms with van der Waals surface area (Å²) < 4.78 is 2.79. The molecule has 0 saturated heterocycles. The number of rotatable bonds is 5. The Balaban J connectivity index is 1.79. The highest BCUT2D eigenvalue weighted by atomic mass is 79.9. The van der Waals surface area contributed by atoms with Gasteiger partial charge >= 0.3 is 0 Å². The van der Waals surface area contributed by atoms with Gasteiger partial charge < -0.3 is 9.88 Å². The van der Waals surface area contributed by atoms with Crippen LogP contribution in [0.4, 0.5) is 0 Å². The zero-order chi connectivity index (χ0) is 14.1. The molecule has 1 amide bonds. The Hall–Kier alpha value is -1.14. The number of fused-ring (bicyclic) bond motifs is 1. The van der Waals surface area contributed by atoms with E-state index in [1.807, 2.05) is 10.6 Å². The molecule has 0 unspecified atom stereocenters. The van der Waals surface area contributed by atoms with E-state index >= 15 is 0 Å². The molecule has 3 rings (SSSR count). The number of amides is 1. The van der Waals surface area contributed by atoms with Gasteiger partial charge in [-0.15, -0.1) is 11.6 Å². The van der Waals surface area contributed by atoms with Gasteiger partial charge in [-0.2, -0.15) is 0 Å². The molecule has 1 N–H and O–H groups in total. The van der Waals surface area contributed by atoms with Crippen molar-refractivity contribution in [2.45, 2.75) is 37.7 Å². The van der Waals surface area contributed by atoms with Crippen molar-refractivity contribution in [3.63, 3.8) is 0 Å². The van der Waals surface area contributed by atoms with Crippen LogP contribution in [0, 0.1) is 0 Å². The quantitative estimate of drug-likeness (QED) is 0.837. The third kappa shape index (κ3) is 2.96. The van der Waals surface area contributed by atoms with Crippen LogP contribution in [0.25, 0.3) is 11.2 Å². The summed E-state index contributed by atoms with van der Waals surface area (Å²) in [6.45, 7) is 0.547. The van der Waals surface area contributed by atoms with Crippen molar-refractivity contribution in [1.82, 2.24) is 19.9 Å². The number of nitrogens with one attached hydrogen (secondary N) is 1. The van der Waals surface area contributed by atoms with Crippen LogP contribution in [0.15, 0.2) is 16.7 Å². The first-order chi connectivity index (χ1) is 9.67. The van der Waals surface area contributed by atoms with Gasteiger partial charge in [0, 0.05) is 29.7 Å². The van der Waals surface area contributed by atoms with Gasteiger partial charge in [0.2, 0.25) is 5.91 Å². The fraction of sp³-hybridized carbons (Fsp3) is 0.462. The molecule has 1 fully saturated rings. The van der Waals surface area contributed by atoms with Gasteiger partial charge in [0.15, 0.2) is 5.65 Å². The molecule has 106 valence electrons. The molecule has 2 heterocycles. The number of pyridine rings is 1. The number of alkyl halides is 1. The minimum absolute atomic E-state index is 0.0759. The van der Waals surface area contributed by atoms with Gasteiger partial charge in [-0.1, -0.05) is 0 Å². The number of hydrogen-bond donors (Lipinski definition) is 1. The van der Waals surface area contributed by atoms with E-state index in [2.05, 4.69) is 31.2 Å². The van der Waals surface area contributed by atoms with E-state index in [1.54, 1.807) is 6.20 Å². The summed E-state index contributed by atoms with van der Waals surface area (Å²) in [6, 6.07) is 2.29. The summed E-state index contributed by atoms with van der Waals surface area (Å²) in [5, 5.41) is 2.98. The third-order valence-electron chi connectivity index (χ3n) is 3.26. The molecule has 20 heavy (non-hydrogen) atoms. The fourth-order valence-corrected chi connectivity index (χ4v) is 2.63. The van der Waals surface area contributed by atoms with Crippen LogP contribution in [0.1, 0.15) is 25.1 Å². The SMILES string of the molecule is O=C(CCn1c(CCl)nc2cc(Br)cnc21)NC1CC1. The average molecular weight is 358 g/mol. The summed E-state index contributed by atoms with van der Waals surface area (Å²) in [4.78, 5) is 20.6. The van der Waals surface area contributed by atoms with Crippen LogP contribution < -0.4 is 5.32 Å². The maximum absolute atomic E-state index is 11.8. The Morgan fingerprint density at radius 2 is 2.35 bits per heavy atom. The Morgan fingerprint density at radius 1 is 1.55 bits per heavy atom. The van der Waals surface area contributed by atoms with Crippen LogP contribution >= 0.6 is 27.5 Å². The van der Waals surface area contributed by atoms with Crippen molar-refractivity contribution in [3.05, 3.63) is 22.6 Å². The van der Waals surface area contributed by atoms with Gasteiger partial charge in [0.05, 0.1) is 5.88 Å². The Morgan fingerprint density at radius 3 is 3.05 bits per heavy atom. The highest BCUT2D eigenvalue weighted by Gasteiger charge is 2.23. The predicted octanol–water partition coefficient (Wildman–Crippen LogP) is 2.60. The zero-order valence-corrected chi connectivity index (χ0v) is 13.1. The highest BCUT2D eigenvalue weighted by molar-refractivity contribution is 9.10. The molecule has 2 aromatic heterocycles. The van der Waals surface area contributed by atoms with Gasteiger partial charge in [0.25, 0.3) is 0 Å². The van der Waals surface area contributed by atoms with Crippen LogP contribution in [-0.4, -0.2) is 26.5 Å². The molecule has 1 saturated carbocycles.